The molecule has 1 aromatic heterocycles. The number of carbonyl (C=O) groups is 1. The van der Waals surface area contributed by atoms with Crippen molar-refractivity contribution in [3.8, 4) is 0 Å². The number of guanidine groups is 1. The Labute approximate surface area is 173 Å². The van der Waals surface area contributed by atoms with Crippen molar-refractivity contribution in [1.29, 1.82) is 0 Å². The molecule has 0 unspecified atom stereocenters. The minimum Gasteiger partial charge on any atom is -0.357 e. The van der Waals surface area contributed by atoms with Crippen molar-refractivity contribution in [2.75, 3.05) is 33.2 Å². The van der Waals surface area contributed by atoms with Crippen LogP contribution in [0.15, 0.2) is 35.3 Å². The lowest BCUT2D eigenvalue weighted by Gasteiger charge is -2.25. The molecule has 2 aromatic rings. The fraction of sp³-hybridized carbons (Fsp3) is 0.474. The van der Waals surface area contributed by atoms with Gasteiger partial charge in [0, 0.05) is 37.9 Å². The Morgan fingerprint density at radius 2 is 1.88 bits per heavy atom. The van der Waals surface area contributed by atoms with Crippen LogP contribution in [0, 0.1) is 0 Å². The third kappa shape index (κ3) is 5.89. The van der Waals surface area contributed by atoms with Crippen LogP contribution < -0.4 is 5.32 Å². The Hall–Kier alpha value is -1.77. The summed E-state index contributed by atoms with van der Waals surface area (Å²) in [6.45, 7) is 9.10. The zero-order valence-electron chi connectivity index (χ0n) is 16.1. The number of nitrogens with zero attached hydrogens (tertiary/aromatic N) is 3. The van der Waals surface area contributed by atoms with Crippen LogP contribution >= 0.6 is 24.0 Å². The number of rotatable bonds is 7. The van der Waals surface area contributed by atoms with Gasteiger partial charge in [-0.15, -0.1) is 24.0 Å². The Kier molecular flexibility index (Phi) is 9.47. The minimum atomic E-state index is 0. The number of aromatic amines is 1. The summed E-state index contributed by atoms with van der Waals surface area (Å²) in [6.07, 6.45) is 0. The lowest BCUT2D eigenvalue weighted by atomic mass is 10.2. The molecule has 0 radical (unpaired) electrons. The van der Waals surface area contributed by atoms with Gasteiger partial charge in [0.25, 0.3) is 0 Å². The summed E-state index contributed by atoms with van der Waals surface area (Å²) >= 11 is 0. The van der Waals surface area contributed by atoms with Crippen molar-refractivity contribution in [3.63, 3.8) is 0 Å². The highest BCUT2D eigenvalue weighted by Crippen LogP contribution is 2.15. The molecule has 0 bridgehead atoms. The van der Waals surface area contributed by atoms with Gasteiger partial charge < -0.3 is 20.1 Å². The second kappa shape index (κ2) is 11.1. The van der Waals surface area contributed by atoms with Crippen LogP contribution in [0.5, 0.6) is 0 Å². The van der Waals surface area contributed by atoms with Crippen LogP contribution in [0.4, 0.5) is 0 Å². The summed E-state index contributed by atoms with van der Waals surface area (Å²) in [7, 11) is 1.90. The largest absolute Gasteiger partial charge is 0.357 e. The van der Waals surface area contributed by atoms with Gasteiger partial charge in [0.1, 0.15) is 0 Å². The fourth-order valence-electron chi connectivity index (χ4n) is 2.80. The van der Waals surface area contributed by atoms with Gasteiger partial charge in [0.2, 0.25) is 5.91 Å². The lowest BCUT2D eigenvalue weighted by Crippen LogP contribution is -2.45. The minimum absolute atomic E-state index is 0. The number of nitrogens with one attached hydrogen (secondary N) is 2. The molecule has 0 spiro atoms. The van der Waals surface area contributed by atoms with Crippen LogP contribution in [0.2, 0.25) is 0 Å². The van der Waals surface area contributed by atoms with Gasteiger partial charge in [-0.25, -0.2) is 4.99 Å². The van der Waals surface area contributed by atoms with Gasteiger partial charge >= 0.3 is 0 Å². The molecule has 0 saturated heterocycles. The Bertz CT molecular complexity index is 691. The molecule has 0 atom stereocenters. The highest BCUT2D eigenvalue weighted by atomic mass is 127. The number of carbonyl (C=O) groups excluding carboxylic acids is 1. The third-order valence-corrected chi connectivity index (χ3v) is 4.17. The second-order valence-electron chi connectivity index (χ2n) is 5.97. The predicted molar refractivity (Wildman–Crippen MR) is 119 cm³/mol. The Morgan fingerprint density at radius 3 is 2.50 bits per heavy atom. The first kappa shape index (κ1) is 22.3. The molecule has 7 heteroatoms. The number of aromatic nitrogens is 1. The van der Waals surface area contributed by atoms with Gasteiger partial charge in [-0.2, -0.15) is 0 Å². The normalized spacial score (nSPS) is 11.2. The van der Waals surface area contributed by atoms with Gasteiger partial charge in [0.05, 0.1) is 13.1 Å². The number of benzene rings is 1. The third-order valence-electron chi connectivity index (χ3n) is 4.17. The van der Waals surface area contributed by atoms with E-state index in [0.717, 1.165) is 36.8 Å². The van der Waals surface area contributed by atoms with E-state index in [1.807, 2.05) is 49.8 Å². The zero-order chi connectivity index (χ0) is 18.2. The lowest BCUT2D eigenvalue weighted by molar-refractivity contribution is -0.131. The molecule has 6 nitrogen and oxygen atoms in total. The first-order valence-electron chi connectivity index (χ1n) is 8.92. The van der Waals surface area contributed by atoms with E-state index in [4.69, 9.17) is 0 Å². The van der Waals surface area contributed by atoms with Gasteiger partial charge in [-0.1, -0.05) is 18.2 Å². The van der Waals surface area contributed by atoms with E-state index < -0.39 is 0 Å². The van der Waals surface area contributed by atoms with E-state index in [0.29, 0.717) is 13.1 Å². The number of fused-ring (bicyclic) bond motifs is 1. The Balaban J connectivity index is 0.00000338. The molecule has 2 rings (SSSR count). The number of para-hydroxylation sites is 1. The number of aliphatic imine (C=N–C) groups is 1. The summed E-state index contributed by atoms with van der Waals surface area (Å²) in [5.74, 6) is 0.852. The van der Waals surface area contributed by atoms with Crippen molar-refractivity contribution in [1.82, 2.24) is 20.1 Å². The summed E-state index contributed by atoms with van der Waals surface area (Å²) in [5, 5.41) is 4.44. The van der Waals surface area contributed by atoms with Gasteiger partial charge in [0.15, 0.2) is 5.96 Å². The van der Waals surface area contributed by atoms with Crippen molar-refractivity contribution in [3.05, 3.63) is 36.0 Å². The fourth-order valence-corrected chi connectivity index (χ4v) is 2.80. The van der Waals surface area contributed by atoms with E-state index in [2.05, 4.69) is 33.5 Å². The number of amides is 1. The summed E-state index contributed by atoms with van der Waals surface area (Å²) in [4.78, 5) is 24.1. The van der Waals surface area contributed by atoms with E-state index in [-0.39, 0.29) is 29.9 Å². The van der Waals surface area contributed by atoms with Crippen molar-refractivity contribution in [2.45, 2.75) is 27.3 Å². The molecule has 0 aliphatic carbocycles. The molecule has 0 fully saturated rings. The van der Waals surface area contributed by atoms with Gasteiger partial charge in [-0.05, 0) is 38.3 Å². The molecule has 1 heterocycles. The number of hydrogen-bond acceptors (Lipinski definition) is 2. The maximum Gasteiger partial charge on any atom is 0.242 e. The zero-order valence-corrected chi connectivity index (χ0v) is 18.4. The number of H-pyrrole nitrogens is 1. The monoisotopic (exact) mass is 471 g/mol. The van der Waals surface area contributed by atoms with E-state index >= 15 is 0 Å². The molecule has 0 saturated carbocycles. The van der Waals surface area contributed by atoms with Crippen LogP contribution in [0.25, 0.3) is 10.9 Å². The molecule has 0 aliphatic heterocycles. The second-order valence-corrected chi connectivity index (χ2v) is 5.97. The number of halogens is 1. The number of hydrogen-bond donors (Lipinski definition) is 2. The first-order valence-corrected chi connectivity index (χ1v) is 8.92. The van der Waals surface area contributed by atoms with Gasteiger partial charge in [-0.3, -0.25) is 4.79 Å². The van der Waals surface area contributed by atoms with Crippen molar-refractivity contribution >= 4 is 46.7 Å². The van der Waals surface area contributed by atoms with Crippen LogP contribution in [-0.4, -0.2) is 59.9 Å². The van der Waals surface area contributed by atoms with Crippen molar-refractivity contribution < 1.29 is 4.79 Å². The first-order chi connectivity index (χ1) is 12.1. The maximum absolute atomic E-state index is 12.3. The Morgan fingerprint density at radius 1 is 1.19 bits per heavy atom. The molecule has 0 aliphatic rings. The molecule has 26 heavy (non-hydrogen) atoms. The van der Waals surface area contributed by atoms with E-state index in [1.165, 1.54) is 5.39 Å². The maximum atomic E-state index is 12.3. The topological polar surface area (TPSA) is 63.7 Å². The van der Waals surface area contributed by atoms with E-state index in [9.17, 15) is 4.79 Å². The summed E-state index contributed by atoms with van der Waals surface area (Å²) < 4.78 is 0. The average Bonchev–Trinajstić information content (AvgIpc) is 3.02. The SMILES string of the molecule is CCNC(=NCc1cc2ccccc2[nH]1)N(C)CC(=O)N(CC)CC.I. The summed E-state index contributed by atoms with van der Waals surface area (Å²) in [5.41, 5.74) is 2.17. The summed E-state index contributed by atoms with van der Waals surface area (Å²) in [6, 6.07) is 10.3. The van der Waals surface area contributed by atoms with Crippen LogP contribution in [0.3, 0.4) is 0 Å². The highest BCUT2D eigenvalue weighted by molar-refractivity contribution is 14.0. The molecule has 2 N–H and O–H groups in total. The molecule has 1 amide bonds. The highest BCUT2D eigenvalue weighted by Gasteiger charge is 2.15. The molecule has 144 valence electrons. The quantitative estimate of drug-likeness (QED) is 0.371. The van der Waals surface area contributed by atoms with Crippen LogP contribution in [-0.2, 0) is 11.3 Å². The van der Waals surface area contributed by atoms with Crippen molar-refractivity contribution in [2.24, 2.45) is 4.99 Å². The number of likely N-dealkylation sites (N-methyl/N-ethyl adjacent to an activating group) is 2. The standard InChI is InChI=1S/C19H29N5O.HI/c1-5-20-19(23(4)14-18(25)24(6-2)7-3)21-13-16-12-15-10-8-9-11-17(15)22-16;/h8-12,22H,5-7,13-14H2,1-4H3,(H,20,21);1H. The predicted octanol–water partition coefficient (Wildman–Crippen LogP) is 3.05. The molecule has 1 aromatic carbocycles. The molecular weight excluding hydrogens is 441 g/mol. The average molecular weight is 471 g/mol. The smallest absolute Gasteiger partial charge is 0.242 e. The van der Waals surface area contributed by atoms with Crippen LogP contribution in [0.1, 0.15) is 26.5 Å². The molecular formula is C19H30IN5O. The van der Waals surface area contributed by atoms with E-state index in [1.54, 1.807) is 0 Å².